The van der Waals surface area contributed by atoms with Gasteiger partial charge in [-0.05, 0) is 0 Å². The number of aliphatic carboxylic acids is 1. The molecule has 0 aliphatic heterocycles. The van der Waals surface area contributed by atoms with E-state index in [0.29, 0.717) is 11.6 Å². The number of nitrogens with one attached hydrogen (secondary N) is 1. The summed E-state index contributed by atoms with van der Waals surface area (Å²) in [5.41, 5.74) is 5.76. The summed E-state index contributed by atoms with van der Waals surface area (Å²) in [6.07, 6.45) is 1.47. The van der Waals surface area contributed by atoms with E-state index in [1.54, 1.807) is 6.92 Å². The summed E-state index contributed by atoms with van der Waals surface area (Å²) in [7, 11) is 0. The van der Waals surface area contributed by atoms with Crippen LogP contribution in [0.4, 0.5) is 6.01 Å². The van der Waals surface area contributed by atoms with E-state index < -0.39 is 17.9 Å². The highest BCUT2D eigenvalue weighted by Crippen LogP contribution is 2.04. The minimum absolute atomic E-state index is 0.00858. The molecule has 1 atom stereocenters. The summed E-state index contributed by atoms with van der Waals surface area (Å²) in [5.74, 6) is -1.23. The molecule has 2 rings (SSSR count). The van der Waals surface area contributed by atoms with Crippen LogP contribution in [0.1, 0.15) is 11.6 Å². The van der Waals surface area contributed by atoms with Gasteiger partial charge in [-0.2, -0.15) is 0 Å². The first-order valence-electron chi connectivity index (χ1n) is 5.91. The van der Waals surface area contributed by atoms with Crippen LogP contribution in [0.25, 0.3) is 0 Å². The zero-order valence-electron chi connectivity index (χ0n) is 11.1. The number of nitrogens with zero attached hydrogens (tertiary/aromatic N) is 5. The summed E-state index contributed by atoms with van der Waals surface area (Å²) < 4.78 is 6.25. The van der Waals surface area contributed by atoms with Crippen LogP contribution in [0.5, 0.6) is 0 Å². The lowest BCUT2D eigenvalue weighted by molar-refractivity contribution is -0.138. The molecule has 0 bridgehead atoms. The molecule has 0 radical (unpaired) electrons. The average Bonchev–Trinajstić information content (AvgIpc) is 2.99. The largest absolute Gasteiger partial charge is 0.480 e. The average molecular weight is 295 g/mol. The second-order valence-corrected chi connectivity index (χ2v) is 4.23. The summed E-state index contributed by atoms with van der Waals surface area (Å²) in [6, 6.07) is -1.07. The van der Waals surface area contributed by atoms with Crippen LogP contribution in [0.2, 0.25) is 0 Å². The number of hydrogen-bond acceptors (Lipinski definition) is 8. The third kappa shape index (κ3) is 4.07. The number of amides is 1. The Labute approximate surface area is 118 Å². The quantitative estimate of drug-likeness (QED) is 0.579. The van der Waals surface area contributed by atoms with Gasteiger partial charge >= 0.3 is 12.0 Å². The van der Waals surface area contributed by atoms with Crippen LogP contribution in [-0.4, -0.2) is 48.2 Å². The van der Waals surface area contributed by atoms with Crippen molar-refractivity contribution < 1.29 is 19.1 Å². The molecular weight excluding hydrogens is 282 g/mol. The third-order valence-electron chi connectivity index (χ3n) is 2.41. The Kier molecular flexibility index (Phi) is 4.23. The second-order valence-electron chi connectivity index (χ2n) is 4.23. The van der Waals surface area contributed by atoms with Crippen molar-refractivity contribution in [3.8, 4) is 0 Å². The van der Waals surface area contributed by atoms with Gasteiger partial charge in [0.1, 0.15) is 12.6 Å². The highest BCUT2D eigenvalue weighted by molar-refractivity contribution is 5.88. The normalized spacial score (nSPS) is 12.1. The summed E-state index contributed by atoms with van der Waals surface area (Å²) >= 11 is 0. The van der Waals surface area contributed by atoms with Gasteiger partial charge in [0, 0.05) is 19.5 Å². The van der Waals surface area contributed by atoms with Gasteiger partial charge in [0.05, 0.1) is 5.69 Å². The Morgan fingerprint density at radius 1 is 1.48 bits per heavy atom. The Morgan fingerprint density at radius 2 is 2.24 bits per heavy atom. The fourth-order valence-corrected chi connectivity index (χ4v) is 1.47. The van der Waals surface area contributed by atoms with Gasteiger partial charge in [-0.1, -0.05) is 10.3 Å². The van der Waals surface area contributed by atoms with E-state index in [-0.39, 0.29) is 19.0 Å². The van der Waals surface area contributed by atoms with Gasteiger partial charge in [-0.3, -0.25) is 14.9 Å². The molecule has 0 aliphatic rings. The molecule has 0 saturated carbocycles. The molecule has 0 saturated heterocycles. The van der Waals surface area contributed by atoms with Crippen molar-refractivity contribution in [1.29, 1.82) is 0 Å². The van der Waals surface area contributed by atoms with Gasteiger partial charge in [-0.15, -0.1) is 10.2 Å². The van der Waals surface area contributed by atoms with Crippen molar-refractivity contribution in [3.63, 3.8) is 0 Å². The standard InChI is InChI=1S/C10H13N7O4/c1-5-13-15-10(21-5)12-8(18)4-17-3-6(14-16-17)2-7(11)9(19)20/h3,7H,2,4,11H2,1H3,(H,19,20)(H,12,15,18). The first kappa shape index (κ1) is 14.6. The van der Waals surface area contributed by atoms with E-state index >= 15 is 0 Å². The Hall–Kier alpha value is -2.82. The van der Waals surface area contributed by atoms with Crippen molar-refractivity contribution >= 4 is 17.9 Å². The van der Waals surface area contributed by atoms with E-state index in [4.69, 9.17) is 15.3 Å². The Bertz CT molecular complexity index is 649. The molecule has 1 unspecified atom stereocenters. The fourth-order valence-electron chi connectivity index (χ4n) is 1.47. The predicted molar refractivity (Wildman–Crippen MR) is 67.0 cm³/mol. The minimum Gasteiger partial charge on any atom is -0.480 e. The maximum absolute atomic E-state index is 11.7. The molecule has 11 heteroatoms. The lowest BCUT2D eigenvalue weighted by atomic mass is 10.2. The summed E-state index contributed by atoms with van der Waals surface area (Å²) in [5, 5.41) is 25.7. The second kappa shape index (κ2) is 6.09. The van der Waals surface area contributed by atoms with Gasteiger partial charge in [0.15, 0.2) is 0 Å². The summed E-state index contributed by atoms with van der Waals surface area (Å²) in [4.78, 5) is 22.3. The fraction of sp³-hybridized carbons (Fsp3) is 0.400. The number of hydrogen-bond donors (Lipinski definition) is 3. The molecule has 4 N–H and O–H groups in total. The van der Waals surface area contributed by atoms with Crippen molar-refractivity contribution in [2.24, 2.45) is 5.73 Å². The predicted octanol–water partition coefficient (Wildman–Crippen LogP) is -1.44. The highest BCUT2D eigenvalue weighted by Gasteiger charge is 2.15. The van der Waals surface area contributed by atoms with Crippen LogP contribution >= 0.6 is 0 Å². The first-order valence-corrected chi connectivity index (χ1v) is 5.91. The number of rotatable bonds is 6. The van der Waals surface area contributed by atoms with E-state index in [9.17, 15) is 9.59 Å². The number of carbonyl (C=O) groups is 2. The number of carboxylic acids is 1. The number of aryl methyl sites for hydroxylation is 1. The van der Waals surface area contributed by atoms with Gasteiger partial charge in [0.2, 0.25) is 11.8 Å². The number of anilines is 1. The Balaban J connectivity index is 1.90. The molecule has 2 aromatic heterocycles. The smallest absolute Gasteiger partial charge is 0.322 e. The zero-order chi connectivity index (χ0) is 15.4. The SMILES string of the molecule is Cc1nnc(NC(=O)Cn2cc(CC(N)C(=O)O)nn2)o1. The van der Waals surface area contributed by atoms with Gasteiger partial charge in [0.25, 0.3) is 0 Å². The molecule has 2 aromatic rings. The molecular formula is C10H13N7O4. The van der Waals surface area contributed by atoms with Crippen LogP contribution in [0, 0.1) is 6.92 Å². The topological polar surface area (TPSA) is 162 Å². The minimum atomic E-state index is -1.13. The van der Waals surface area contributed by atoms with Crippen LogP contribution in [0.3, 0.4) is 0 Å². The van der Waals surface area contributed by atoms with Gasteiger partial charge in [-0.25, -0.2) is 4.68 Å². The van der Waals surface area contributed by atoms with E-state index in [1.807, 2.05) is 0 Å². The van der Waals surface area contributed by atoms with Crippen molar-refractivity contribution in [2.45, 2.75) is 25.9 Å². The maximum Gasteiger partial charge on any atom is 0.322 e. The van der Waals surface area contributed by atoms with Crippen LogP contribution < -0.4 is 11.1 Å². The lowest BCUT2D eigenvalue weighted by Gasteiger charge is -2.01. The molecule has 2 heterocycles. The molecule has 0 aliphatic carbocycles. The molecule has 112 valence electrons. The third-order valence-corrected chi connectivity index (χ3v) is 2.41. The first-order chi connectivity index (χ1) is 9.94. The number of carboxylic acid groups (broad SMARTS) is 1. The number of aromatic nitrogens is 5. The number of carbonyl (C=O) groups excluding carboxylic acids is 1. The molecule has 21 heavy (non-hydrogen) atoms. The molecule has 11 nitrogen and oxygen atoms in total. The van der Waals surface area contributed by atoms with Gasteiger partial charge < -0.3 is 15.3 Å². The molecule has 0 aromatic carbocycles. The van der Waals surface area contributed by atoms with E-state index in [1.165, 1.54) is 10.9 Å². The molecule has 0 fully saturated rings. The summed E-state index contributed by atoms with van der Waals surface area (Å²) in [6.45, 7) is 1.47. The zero-order valence-corrected chi connectivity index (χ0v) is 11.1. The number of nitrogens with two attached hydrogens (primary N) is 1. The Morgan fingerprint density at radius 3 is 2.86 bits per heavy atom. The van der Waals surface area contributed by atoms with E-state index in [0.717, 1.165) is 0 Å². The van der Waals surface area contributed by atoms with Crippen molar-refractivity contribution in [1.82, 2.24) is 25.2 Å². The van der Waals surface area contributed by atoms with E-state index in [2.05, 4.69) is 25.8 Å². The molecule has 1 amide bonds. The van der Waals surface area contributed by atoms with Crippen LogP contribution in [-0.2, 0) is 22.6 Å². The molecule has 0 spiro atoms. The monoisotopic (exact) mass is 295 g/mol. The highest BCUT2D eigenvalue weighted by atomic mass is 16.4. The maximum atomic E-state index is 11.7. The van der Waals surface area contributed by atoms with Crippen molar-refractivity contribution in [3.05, 3.63) is 17.8 Å². The lowest BCUT2D eigenvalue weighted by Crippen LogP contribution is -2.32. The van der Waals surface area contributed by atoms with Crippen LogP contribution in [0.15, 0.2) is 10.6 Å². The van der Waals surface area contributed by atoms with Crippen molar-refractivity contribution in [2.75, 3.05) is 5.32 Å².